The van der Waals surface area contributed by atoms with Gasteiger partial charge in [-0.25, -0.2) is 4.98 Å². The van der Waals surface area contributed by atoms with Crippen LogP contribution in [0.5, 0.6) is 0 Å². The van der Waals surface area contributed by atoms with Crippen molar-refractivity contribution in [3.63, 3.8) is 0 Å². The van der Waals surface area contributed by atoms with E-state index in [1.54, 1.807) is 35.8 Å². The van der Waals surface area contributed by atoms with E-state index in [-0.39, 0.29) is 28.9 Å². The third-order valence-electron chi connectivity index (χ3n) is 5.48. The Morgan fingerprint density at radius 1 is 1.12 bits per heavy atom. The Balaban J connectivity index is 1.64. The summed E-state index contributed by atoms with van der Waals surface area (Å²) in [5.41, 5.74) is 2.31. The van der Waals surface area contributed by atoms with Crippen LogP contribution in [0.1, 0.15) is 24.1 Å². The highest BCUT2D eigenvalue weighted by molar-refractivity contribution is 7.99. The summed E-state index contributed by atoms with van der Waals surface area (Å²) in [4.78, 5) is 41.3. The third-order valence-corrected chi connectivity index (χ3v) is 6.44. The second kappa shape index (κ2) is 9.88. The van der Waals surface area contributed by atoms with Gasteiger partial charge in [0, 0.05) is 12.1 Å². The molecular formula is C25H22N4O4S. The first-order valence-corrected chi connectivity index (χ1v) is 11.6. The number of amides is 1. The zero-order chi connectivity index (χ0) is 24.2. The number of nitrogens with zero attached hydrogens (tertiary/aromatic N) is 3. The normalized spacial score (nSPS) is 11.8. The monoisotopic (exact) mass is 474 g/mol. The predicted octanol–water partition coefficient (Wildman–Crippen LogP) is 4.95. The SMILES string of the molecule is Cc1ccc([N+](=O)[O-])cc1NC(=O)CSc1nc2ccccc2c(=O)n1C(C)c1ccccc1. The summed E-state index contributed by atoms with van der Waals surface area (Å²) in [6.45, 7) is 3.68. The number of carbonyl (C=O) groups excluding carboxylic acids is 1. The molecule has 172 valence electrons. The number of thioether (sulfide) groups is 1. The van der Waals surface area contributed by atoms with Crippen LogP contribution >= 0.6 is 11.8 Å². The molecule has 1 heterocycles. The number of nitro benzene ring substituents is 1. The maximum atomic E-state index is 13.4. The number of benzene rings is 3. The molecule has 1 amide bonds. The van der Waals surface area contributed by atoms with E-state index in [1.807, 2.05) is 43.3 Å². The van der Waals surface area contributed by atoms with Crippen LogP contribution in [0.3, 0.4) is 0 Å². The first kappa shape index (κ1) is 23.2. The van der Waals surface area contributed by atoms with Crippen LogP contribution in [-0.2, 0) is 4.79 Å². The molecule has 0 aliphatic rings. The smallest absolute Gasteiger partial charge is 0.271 e. The number of aromatic nitrogens is 2. The zero-order valence-corrected chi connectivity index (χ0v) is 19.4. The molecule has 4 aromatic rings. The molecule has 0 fully saturated rings. The molecule has 1 unspecified atom stereocenters. The van der Waals surface area contributed by atoms with Crippen molar-refractivity contribution in [3.8, 4) is 0 Å². The van der Waals surface area contributed by atoms with Crippen molar-refractivity contribution in [1.82, 2.24) is 9.55 Å². The van der Waals surface area contributed by atoms with Gasteiger partial charge in [-0.2, -0.15) is 0 Å². The summed E-state index contributed by atoms with van der Waals surface area (Å²) < 4.78 is 1.61. The number of nitro groups is 1. The fourth-order valence-electron chi connectivity index (χ4n) is 3.62. The Kier molecular flexibility index (Phi) is 6.74. The lowest BCUT2D eigenvalue weighted by Crippen LogP contribution is -2.27. The van der Waals surface area contributed by atoms with Crippen molar-refractivity contribution in [2.45, 2.75) is 25.0 Å². The second-order valence-corrected chi connectivity index (χ2v) is 8.71. The number of nitrogens with one attached hydrogen (secondary N) is 1. The fourth-order valence-corrected chi connectivity index (χ4v) is 4.50. The Bertz CT molecular complexity index is 1440. The minimum Gasteiger partial charge on any atom is -0.325 e. The quantitative estimate of drug-likeness (QED) is 0.176. The lowest BCUT2D eigenvalue weighted by Gasteiger charge is -2.20. The van der Waals surface area contributed by atoms with Crippen LogP contribution in [0.2, 0.25) is 0 Å². The first-order chi connectivity index (χ1) is 16.3. The van der Waals surface area contributed by atoms with Crippen molar-refractivity contribution in [1.29, 1.82) is 0 Å². The molecule has 3 aromatic carbocycles. The van der Waals surface area contributed by atoms with E-state index in [1.165, 1.54) is 12.1 Å². The number of hydrogen-bond donors (Lipinski definition) is 1. The Hall–Kier alpha value is -3.98. The molecule has 0 saturated heterocycles. The van der Waals surface area contributed by atoms with Crippen LogP contribution in [-0.4, -0.2) is 26.1 Å². The molecule has 0 aliphatic carbocycles. The van der Waals surface area contributed by atoms with E-state index in [0.717, 1.165) is 17.3 Å². The van der Waals surface area contributed by atoms with Crippen LogP contribution in [0.4, 0.5) is 11.4 Å². The van der Waals surface area contributed by atoms with Gasteiger partial charge in [0.05, 0.1) is 33.3 Å². The molecule has 34 heavy (non-hydrogen) atoms. The van der Waals surface area contributed by atoms with E-state index in [4.69, 9.17) is 0 Å². The third kappa shape index (κ3) is 4.84. The number of para-hydroxylation sites is 1. The lowest BCUT2D eigenvalue weighted by atomic mass is 10.1. The number of non-ortho nitro benzene ring substituents is 1. The van der Waals surface area contributed by atoms with Gasteiger partial charge in [-0.15, -0.1) is 0 Å². The maximum Gasteiger partial charge on any atom is 0.271 e. The van der Waals surface area contributed by atoms with Crippen LogP contribution < -0.4 is 10.9 Å². The van der Waals surface area contributed by atoms with Gasteiger partial charge in [-0.05, 0) is 37.1 Å². The highest BCUT2D eigenvalue weighted by atomic mass is 32.2. The molecule has 0 radical (unpaired) electrons. The van der Waals surface area contributed by atoms with Gasteiger partial charge in [0.1, 0.15) is 0 Å². The van der Waals surface area contributed by atoms with E-state index in [0.29, 0.717) is 27.3 Å². The lowest BCUT2D eigenvalue weighted by molar-refractivity contribution is -0.384. The molecule has 4 rings (SSSR count). The minimum absolute atomic E-state index is 0.0194. The summed E-state index contributed by atoms with van der Waals surface area (Å²) in [5.74, 6) is -0.371. The summed E-state index contributed by atoms with van der Waals surface area (Å²) >= 11 is 1.15. The molecule has 0 aliphatic heterocycles. The van der Waals surface area contributed by atoms with E-state index in [9.17, 15) is 19.7 Å². The highest BCUT2D eigenvalue weighted by Crippen LogP contribution is 2.26. The van der Waals surface area contributed by atoms with Gasteiger partial charge in [-0.1, -0.05) is 60.3 Å². The molecule has 0 bridgehead atoms. The van der Waals surface area contributed by atoms with Crippen molar-refractivity contribution < 1.29 is 9.72 Å². The Labute approximate surface area is 199 Å². The van der Waals surface area contributed by atoms with Gasteiger partial charge in [0.25, 0.3) is 11.2 Å². The number of fused-ring (bicyclic) bond motifs is 1. The number of anilines is 1. The average molecular weight is 475 g/mol. The summed E-state index contributed by atoms with van der Waals surface area (Å²) in [7, 11) is 0. The van der Waals surface area contributed by atoms with Crippen LogP contribution in [0.25, 0.3) is 10.9 Å². The van der Waals surface area contributed by atoms with E-state index in [2.05, 4.69) is 10.3 Å². The van der Waals surface area contributed by atoms with Crippen LogP contribution in [0.15, 0.2) is 82.7 Å². The summed E-state index contributed by atoms with van der Waals surface area (Å²) in [6, 6.07) is 20.7. The number of carbonyl (C=O) groups is 1. The van der Waals surface area contributed by atoms with Gasteiger partial charge >= 0.3 is 0 Å². The predicted molar refractivity (Wildman–Crippen MR) is 133 cm³/mol. The van der Waals surface area contributed by atoms with E-state index < -0.39 is 4.92 Å². The number of rotatable bonds is 7. The van der Waals surface area contributed by atoms with E-state index >= 15 is 0 Å². The Morgan fingerprint density at radius 3 is 2.56 bits per heavy atom. The Morgan fingerprint density at radius 2 is 1.82 bits per heavy atom. The molecule has 8 nitrogen and oxygen atoms in total. The summed E-state index contributed by atoms with van der Waals surface area (Å²) in [5, 5.41) is 14.7. The molecular weight excluding hydrogens is 452 g/mol. The molecule has 1 aromatic heterocycles. The second-order valence-electron chi connectivity index (χ2n) is 7.77. The van der Waals surface area contributed by atoms with Gasteiger partial charge in [0.2, 0.25) is 5.91 Å². The minimum atomic E-state index is -0.507. The average Bonchev–Trinajstić information content (AvgIpc) is 2.84. The molecule has 0 spiro atoms. The number of aryl methyl sites for hydroxylation is 1. The fraction of sp³-hybridized carbons (Fsp3) is 0.160. The van der Waals surface area contributed by atoms with Gasteiger partial charge in [-0.3, -0.25) is 24.3 Å². The van der Waals surface area contributed by atoms with Crippen molar-refractivity contribution in [3.05, 3.63) is 104 Å². The van der Waals surface area contributed by atoms with Crippen molar-refractivity contribution >= 4 is 39.9 Å². The molecule has 1 atom stereocenters. The van der Waals surface area contributed by atoms with Crippen molar-refractivity contribution in [2.75, 3.05) is 11.1 Å². The number of hydrogen-bond acceptors (Lipinski definition) is 6. The van der Waals surface area contributed by atoms with Gasteiger partial charge in [0.15, 0.2) is 5.16 Å². The van der Waals surface area contributed by atoms with Crippen molar-refractivity contribution in [2.24, 2.45) is 0 Å². The summed E-state index contributed by atoms with van der Waals surface area (Å²) in [6.07, 6.45) is 0. The first-order valence-electron chi connectivity index (χ1n) is 10.6. The largest absolute Gasteiger partial charge is 0.325 e. The topological polar surface area (TPSA) is 107 Å². The zero-order valence-electron chi connectivity index (χ0n) is 18.6. The maximum absolute atomic E-state index is 13.4. The molecule has 9 heteroatoms. The van der Waals surface area contributed by atoms with Crippen LogP contribution in [0, 0.1) is 17.0 Å². The standard InChI is InChI=1S/C25H22N4O4S/c1-16-12-13-19(29(32)33)14-22(16)26-23(30)15-34-25-27-21-11-7-6-10-20(21)24(31)28(25)17(2)18-8-4-3-5-9-18/h3-14,17H,15H2,1-2H3,(H,26,30). The molecule has 1 N–H and O–H groups in total. The molecule has 0 saturated carbocycles. The van der Waals surface area contributed by atoms with Gasteiger partial charge < -0.3 is 5.32 Å². The highest BCUT2D eigenvalue weighted by Gasteiger charge is 2.19.